The molecule has 5 heteroatoms. The fourth-order valence-corrected chi connectivity index (χ4v) is 3.90. The van der Waals surface area contributed by atoms with Gasteiger partial charge in [0.1, 0.15) is 0 Å². The zero-order valence-electron chi connectivity index (χ0n) is 12.9. The number of hydrogen-bond donors (Lipinski definition) is 2. The molecule has 118 valence electrons. The first-order chi connectivity index (χ1) is 11.3. The average molecular weight is 324 g/mol. The second-order valence-electron chi connectivity index (χ2n) is 5.82. The molecule has 0 spiro atoms. The topological polar surface area (TPSA) is 48.3 Å². The molecule has 4 nitrogen and oxygen atoms in total. The van der Waals surface area contributed by atoms with E-state index < -0.39 is 0 Å². The fourth-order valence-electron chi connectivity index (χ4n) is 2.96. The van der Waals surface area contributed by atoms with Gasteiger partial charge in [-0.15, -0.1) is 0 Å². The molecule has 1 aliphatic heterocycles. The lowest BCUT2D eigenvalue weighted by Gasteiger charge is -2.33. The summed E-state index contributed by atoms with van der Waals surface area (Å²) in [5.74, 6) is 5.86. The summed E-state index contributed by atoms with van der Waals surface area (Å²) in [5.41, 5.74) is 2.46. The van der Waals surface area contributed by atoms with Crippen LogP contribution in [0.25, 0.3) is 10.9 Å². The lowest BCUT2D eigenvalue weighted by atomic mass is 10.2. The maximum absolute atomic E-state index is 5.86. The van der Waals surface area contributed by atoms with Crippen LogP contribution >= 0.6 is 11.8 Å². The molecule has 0 aliphatic carbocycles. The maximum atomic E-state index is 5.86. The lowest BCUT2D eigenvalue weighted by Crippen LogP contribution is -2.49. The van der Waals surface area contributed by atoms with E-state index in [9.17, 15) is 0 Å². The number of benzene rings is 2. The Kier molecular flexibility index (Phi) is 3.99. The zero-order chi connectivity index (χ0) is 15.6. The van der Waals surface area contributed by atoms with E-state index in [0.717, 1.165) is 26.2 Å². The van der Waals surface area contributed by atoms with Gasteiger partial charge in [0.25, 0.3) is 0 Å². The number of piperazine rings is 1. The van der Waals surface area contributed by atoms with Crippen molar-refractivity contribution in [1.29, 1.82) is 0 Å². The number of hydrogen-bond acceptors (Lipinski definition) is 4. The van der Waals surface area contributed by atoms with Crippen molar-refractivity contribution in [1.82, 2.24) is 9.99 Å². The van der Waals surface area contributed by atoms with Crippen LogP contribution < -0.4 is 10.7 Å². The van der Waals surface area contributed by atoms with Crippen molar-refractivity contribution in [3.8, 4) is 0 Å². The van der Waals surface area contributed by atoms with Gasteiger partial charge >= 0.3 is 0 Å². The number of nitrogens with one attached hydrogen (secondary N) is 1. The number of anilines is 1. The van der Waals surface area contributed by atoms with Crippen LogP contribution in [0.3, 0.4) is 0 Å². The number of nitrogens with two attached hydrogens (primary N) is 1. The van der Waals surface area contributed by atoms with E-state index >= 15 is 0 Å². The van der Waals surface area contributed by atoms with E-state index in [1.165, 1.54) is 26.4 Å². The molecule has 4 rings (SSSR count). The summed E-state index contributed by atoms with van der Waals surface area (Å²) in [6, 6.07) is 17.2. The Hall–Kier alpha value is -1.95. The van der Waals surface area contributed by atoms with Gasteiger partial charge in [0.05, 0.1) is 0 Å². The Labute approximate surface area is 140 Å². The monoisotopic (exact) mass is 324 g/mol. The molecule has 1 fully saturated rings. The van der Waals surface area contributed by atoms with E-state index in [1.54, 1.807) is 11.8 Å². The summed E-state index contributed by atoms with van der Waals surface area (Å²) in [6.07, 6.45) is 2.10. The molecule has 1 saturated heterocycles. The summed E-state index contributed by atoms with van der Waals surface area (Å²) in [5, 5.41) is 3.17. The van der Waals surface area contributed by atoms with Crippen LogP contribution in [0.1, 0.15) is 0 Å². The quantitative estimate of drug-likeness (QED) is 0.726. The van der Waals surface area contributed by atoms with Gasteiger partial charge in [-0.05, 0) is 30.3 Å². The Balaban J connectivity index is 1.63. The van der Waals surface area contributed by atoms with Crippen LogP contribution in [0.5, 0.6) is 0 Å². The Morgan fingerprint density at radius 3 is 2.52 bits per heavy atom. The number of H-pyrrole nitrogens is 1. The molecule has 3 N–H and O–H groups in total. The molecule has 0 unspecified atom stereocenters. The van der Waals surface area contributed by atoms with Crippen LogP contribution in [-0.4, -0.2) is 36.2 Å². The third-order valence-corrected chi connectivity index (χ3v) is 5.34. The normalized spacial score (nSPS) is 16.1. The molecular formula is C18H20N4S. The Bertz CT molecular complexity index is 791. The van der Waals surface area contributed by atoms with Gasteiger partial charge in [-0.1, -0.05) is 30.0 Å². The van der Waals surface area contributed by atoms with Crippen molar-refractivity contribution < 1.29 is 0 Å². The largest absolute Gasteiger partial charge is 0.369 e. The second-order valence-corrected chi connectivity index (χ2v) is 6.94. The Morgan fingerprint density at radius 1 is 0.957 bits per heavy atom. The predicted molar refractivity (Wildman–Crippen MR) is 96.8 cm³/mol. The molecule has 3 aromatic rings. The standard InChI is InChI=1S/C18H20N4S/c19-22-10-8-21(9-11-22)14-6-7-17-16(12-14)18(13-20-17)23-15-4-2-1-3-5-15/h1-7,12-13,20H,8-11,19H2. The summed E-state index contributed by atoms with van der Waals surface area (Å²) in [7, 11) is 0. The van der Waals surface area contributed by atoms with Crippen molar-refractivity contribution in [2.45, 2.75) is 9.79 Å². The van der Waals surface area contributed by atoms with E-state index in [-0.39, 0.29) is 0 Å². The number of nitrogens with zero attached hydrogens (tertiary/aromatic N) is 2. The number of rotatable bonds is 3. The van der Waals surface area contributed by atoms with Crippen LogP contribution in [0, 0.1) is 0 Å². The van der Waals surface area contributed by atoms with Crippen molar-refractivity contribution in [3.05, 3.63) is 54.7 Å². The number of fused-ring (bicyclic) bond motifs is 1. The van der Waals surface area contributed by atoms with Gasteiger partial charge < -0.3 is 9.88 Å². The molecular weight excluding hydrogens is 304 g/mol. The number of aromatic nitrogens is 1. The van der Waals surface area contributed by atoms with Crippen molar-refractivity contribution in [3.63, 3.8) is 0 Å². The van der Waals surface area contributed by atoms with Crippen molar-refractivity contribution in [2.24, 2.45) is 5.84 Å². The highest BCUT2D eigenvalue weighted by Crippen LogP contribution is 2.35. The summed E-state index contributed by atoms with van der Waals surface area (Å²) in [4.78, 5) is 8.32. The third kappa shape index (κ3) is 3.08. The highest BCUT2D eigenvalue weighted by Gasteiger charge is 2.16. The lowest BCUT2D eigenvalue weighted by molar-refractivity contribution is 0.266. The minimum Gasteiger partial charge on any atom is -0.369 e. The molecule has 0 radical (unpaired) electrons. The SMILES string of the molecule is NN1CCN(c2ccc3[nH]cc(Sc4ccccc4)c3c2)CC1. The molecule has 2 aromatic carbocycles. The maximum Gasteiger partial charge on any atom is 0.0467 e. The molecule has 1 aliphatic rings. The molecule has 1 aromatic heterocycles. The minimum atomic E-state index is 0.913. The van der Waals surface area contributed by atoms with Gasteiger partial charge in [0, 0.05) is 58.8 Å². The molecule has 0 amide bonds. The first kappa shape index (κ1) is 14.6. The number of aromatic amines is 1. The van der Waals surface area contributed by atoms with Crippen LogP contribution in [0.15, 0.2) is 64.5 Å². The molecule has 0 atom stereocenters. The van der Waals surface area contributed by atoms with Gasteiger partial charge in [0.15, 0.2) is 0 Å². The smallest absolute Gasteiger partial charge is 0.0467 e. The fraction of sp³-hybridized carbons (Fsp3) is 0.222. The van der Waals surface area contributed by atoms with E-state index in [4.69, 9.17) is 5.84 Å². The van der Waals surface area contributed by atoms with Gasteiger partial charge in [0.2, 0.25) is 0 Å². The predicted octanol–water partition coefficient (Wildman–Crippen LogP) is 3.31. The third-order valence-electron chi connectivity index (χ3n) is 4.28. The van der Waals surface area contributed by atoms with Gasteiger partial charge in [-0.3, -0.25) is 5.84 Å². The van der Waals surface area contributed by atoms with E-state index in [0.29, 0.717) is 0 Å². The summed E-state index contributed by atoms with van der Waals surface area (Å²) < 4.78 is 0. The van der Waals surface area contributed by atoms with Crippen molar-refractivity contribution >= 4 is 28.4 Å². The second kappa shape index (κ2) is 6.28. The van der Waals surface area contributed by atoms with Crippen LogP contribution in [0.2, 0.25) is 0 Å². The summed E-state index contributed by atoms with van der Waals surface area (Å²) in [6.45, 7) is 3.79. The first-order valence-corrected chi connectivity index (χ1v) is 8.70. The van der Waals surface area contributed by atoms with Crippen LogP contribution in [0.4, 0.5) is 5.69 Å². The average Bonchev–Trinajstić information content (AvgIpc) is 2.99. The first-order valence-electron chi connectivity index (χ1n) is 7.88. The highest BCUT2D eigenvalue weighted by molar-refractivity contribution is 7.99. The molecule has 0 bridgehead atoms. The number of hydrazine groups is 1. The van der Waals surface area contributed by atoms with Crippen molar-refractivity contribution in [2.75, 3.05) is 31.1 Å². The molecule has 0 saturated carbocycles. The summed E-state index contributed by atoms with van der Waals surface area (Å²) >= 11 is 1.80. The van der Waals surface area contributed by atoms with Gasteiger partial charge in [-0.25, -0.2) is 5.01 Å². The zero-order valence-corrected chi connectivity index (χ0v) is 13.7. The van der Waals surface area contributed by atoms with E-state index in [2.05, 4.69) is 64.6 Å². The highest BCUT2D eigenvalue weighted by atomic mass is 32.2. The minimum absolute atomic E-state index is 0.913. The van der Waals surface area contributed by atoms with Gasteiger partial charge in [-0.2, -0.15) is 0 Å². The molecule has 23 heavy (non-hydrogen) atoms. The Morgan fingerprint density at radius 2 is 1.74 bits per heavy atom. The van der Waals surface area contributed by atoms with Crippen LogP contribution in [-0.2, 0) is 0 Å². The molecule has 2 heterocycles. The van der Waals surface area contributed by atoms with E-state index in [1.807, 2.05) is 5.01 Å².